The number of para-hydroxylation sites is 1. The summed E-state index contributed by atoms with van der Waals surface area (Å²) in [5.74, 6) is 1.45. The predicted molar refractivity (Wildman–Crippen MR) is 92.9 cm³/mol. The molecule has 0 fully saturated rings. The van der Waals surface area contributed by atoms with Crippen LogP contribution in [0.3, 0.4) is 0 Å². The van der Waals surface area contributed by atoms with Crippen LogP contribution < -0.4 is 0 Å². The van der Waals surface area contributed by atoms with Crippen molar-refractivity contribution in [1.82, 2.24) is 9.55 Å². The molecule has 5 heteroatoms. The molecule has 0 unspecified atom stereocenters. The summed E-state index contributed by atoms with van der Waals surface area (Å²) < 4.78 is 3.20. The van der Waals surface area contributed by atoms with Crippen LogP contribution in [0.5, 0.6) is 0 Å². The molecule has 0 spiro atoms. The smallest absolute Gasteiger partial charge is 0.115 e. The number of rotatable bonds is 3. The van der Waals surface area contributed by atoms with Crippen LogP contribution in [0.1, 0.15) is 11.4 Å². The van der Waals surface area contributed by atoms with Crippen LogP contribution in [-0.2, 0) is 6.42 Å². The van der Waals surface area contributed by atoms with Gasteiger partial charge >= 0.3 is 0 Å². The molecule has 0 aliphatic rings. The van der Waals surface area contributed by atoms with Crippen molar-refractivity contribution in [3.05, 3.63) is 57.3 Å². The molecule has 21 heavy (non-hydrogen) atoms. The van der Waals surface area contributed by atoms with Crippen LogP contribution in [0.4, 0.5) is 0 Å². The van der Waals surface area contributed by atoms with E-state index in [1.165, 1.54) is 5.56 Å². The first-order valence-electron chi connectivity index (χ1n) is 6.60. The van der Waals surface area contributed by atoms with E-state index in [9.17, 15) is 0 Å². The highest BCUT2D eigenvalue weighted by atomic mass is 79.9. The topological polar surface area (TPSA) is 17.8 Å². The number of hydrogen-bond donors (Lipinski definition) is 0. The molecule has 1 heterocycles. The van der Waals surface area contributed by atoms with Crippen LogP contribution in [0.2, 0.25) is 5.02 Å². The van der Waals surface area contributed by atoms with Crippen LogP contribution in [0, 0.1) is 6.92 Å². The summed E-state index contributed by atoms with van der Waals surface area (Å²) in [6, 6.07) is 12.0. The van der Waals surface area contributed by atoms with Gasteiger partial charge in [0, 0.05) is 16.8 Å². The van der Waals surface area contributed by atoms with Gasteiger partial charge in [-0.2, -0.15) is 0 Å². The maximum absolute atomic E-state index is 6.28. The first-order chi connectivity index (χ1) is 10.1. The van der Waals surface area contributed by atoms with Gasteiger partial charge in [0.2, 0.25) is 0 Å². The zero-order valence-corrected chi connectivity index (χ0v) is 14.5. The van der Waals surface area contributed by atoms with Gasteiger partial charge in [0.25, 0.3) is 0 Å². The van der Waals surface area contributed by atoms with Gasteiger partial charge in [0.1, 0.15) is 11.3 Å². The van der Waals surface area contributed by atoms with Crippen molar-refractivity contribution >= 4 is 50.2 Å². The van der Waals surface area contributed by atoms with Gasteiger partial charge in [-0.15, -0.1) is 11.6 Å². The first-order valence-corrected chi connectivity index (χ1v) is 8.30. The molecule has 0 aliphatic carbocycles. The highest BCUT2D eigenvalue weighted by Gasteiger charge is 2.15. The number of hydrogen-bond acceptors (Lipinski definition) is 1. The summed E-state index contributed by atoms with van der Waals surface area (Å²) in [5, 5.41) is 0.664. The van der Waals surface area contributed by atoms with Gasteiger partial charge in [0.15, 0.2) is 0 Å². The van der Waals surface area contributed by atoms with E-state index >= 15 is 0 Å². The predicted octanol–water partition coefficient (Wildman–Crippen LogP) is 5.53. The van der Waals surface area contributed by atoms with Crippen LogP contribution >= 0.6 is 39.1 Å². The molecule has 0 bridgehead atoms. The van der Waals surface area contributed by atoms with Crippen LogP contribution in [0.25, 0.3) is 16.7 Å². The first kappa shape index (κ1) is 14.9. The molecule has 2 nitrogen and oxygen atoms in total. The van der Waals surface area contributed by atoms with Gasteiger partial charge in [-0.1, -0.05) is 33.6 Å². The van der Waals surface area contributed by atoms with E-state index in [-0.39, 0.29) is 0 Å². The Morgan fingerprint density at radius 2 is 2.05 bits per heavy atom. The number of aryl methyl sites for hydroxylation is 2. The molecule has 1 aromatic heterocycles. The Hall–Kier alpha value is -1.03. The standard InChI is InChI=1S/C16H13BrCl2N2/c1-10-9-11(17)5-6-13(10)21-14-4-2-3-12(19)16(14)20-15(21)7-8-18/h2-6,9H,7-8H2,1H3. The van der Waals surface area contributed by atoms with Crippen LogP contribution in [0.15, 0.2) is 40.9 Å². The highest BCUT2D eigenvalue weighted by molar-refractivity contribution is 9.10. The van der Waals surface area contributed by atoms with Crippen molar-refractivity contribution in [2.75, 3.05) is 5.88 Å². The maximum atomic E-state index is 6.28. The molecule has 0 amide bonds. The Kier molecular flexibility index (Phi) is 4.25. The van der Waals surface area contributed by atoms with Gasteiger partial charge in [-0.3, -0.25) is 4.57 Å². The van der Waals surface area contributed by atoms with E-state index in [0.29, 0.717) is 17.3 Å². The van der Waals surface area contributed by atoms with Gasteiger partial charge in [-0.25, -0.2) is 4.98 Å². The molecule has 3 rings (SSSR count). The van der Waals surface area contributed by atoms with Crippen molar-refractivity contribution < 1.29 is 0 Å². The third kappa shape index (κ3) is 2.70. The van der Waals surface area contributed by atoms with Crippen LogP contribution in [-0.4, -0.2) is 15.4 Å². The summed E-state index contributed by atoms with van der Waals surface area (Å²) in [6.45, 7) is 2.08. The SMILES string of the molecule is Cc1cc(Br)ccc1-n1c(CCCl)nc2c(Cl)cccc21. The fraction of sp³-hybridized carbons (Fsp3) is 0.188. The Morgan fingerprint density at radius 3 is 2.76 bits per heavy atom. The van der Waals surface area contributed by atoms with Gasteiger partial charge in [-0.05, 0) is 42.8 Å². The molecular weight excluding hydrogens is 371 g/mol. The Balaban J connectivity index is 2.33. The van der Waals surface area contributed by atoms with Crippen molar-refractivity contribution in [2.24, 2.45) is 0 Å². The third-order valence-corrected chi connectivity index (χ3v) is 4.41. The van der Waals surface area contributed by atoms with E-state index < -0.39 is 0 Å². The number of halogens is 3. The van der Waals surface area contributed by atoms with E-state index in [0.717, 1.165) is 27.0 Å². The molecule has 0 aliphatic heterocycles. The Labute approximate surface area is 141 Å². The number of benzene rings is 2. The Bertz CT molecular complexity index is 811. The molecular formula is C16H13BrCl2N2. The van der Waals surface area contributed by atoms with Gasteiger partial charge in [0.05, 0.1) is 16.2 Å². The maximum Gasteiger partial charge on any atom is 0.115 e. The second-order valence-electron chi connectivity index (χ2n) is 4.84. The molecule has 0 radical (unpaired) electrons. The molecule has 0 saturated heterocycles. The zero-order valence-electron chi connectivity index (χ0n) is 11.4. The molecule has 0 atom stereocenters. The van der Waals surface area contributed by atoms with E-state index in [2.05, 4.69) is 44.5 Å². The lowest BCUT2D eigenvalue weighted by molar-refractivity contribution is 0.906. The summed E-state index contributed by atoms with van der Waals surface area (Å²) in [5.41, 5.74) is 4.09. The second kappa shape index (κ2) is 5.99. The number of imidazole rings is 1. The van der Waals surface area contributed by atoms with Crippen molar-refractivity contribution in [2.45, 2.75) is 13.3 Å². The highest BCUT2D eigenvalue weighted by Crippen LogP contribution is 2.29. The number of fused-ring (bicyclic) bond motifs is 1. The van der Waals surface area contributed by atoms with E-state index in [1.807, 2.05) is 24.3 Å². The number of aromatic nitrogens is 2. The number of alkyl halides is 1. The Morgan fingerprint density at radius 1 is 1.24 bits per heavy atom. The lowest BCUT2D eigenvalue weighted by Crippen LogP contribution is -2.04. The van der Waals surface area contributed by atoms with Crippen molar-refractivity contribution in [3.8, 4) is 5.69 Å². The molecule has 2 aromatic carbocycles. The van der Waals surface area contributed by atoms with E-state index in [4.69, 9.17) is 23.2 Å². The molecule has 0 N–H and O–H groups in total. The average Bonchev–Trinajstić information content (AvgIpc) is 2.79. The normalized spacial score (nSPS) is 11.2. The monoisotopic (exact) mass is 382 g/mol. The van der Waals surface area contributed by atoms with Gasteiger partial charge < -0.3 is 0 Å². The minimum atomic E-state index is 0.524. The summed E-state index contributed by atoms with van der Waals surface area (Å²) >= 11 is 15.7. The zero-order chi connectivity index (χ0) is 15.0. The summed E-state index contributed by atoms with van der Waals surface area (Å²) in [7, 11) is 0. The number of nitrogens with zero attached hydrogens (tertiary/aromatic N) is 2. The van der Waals surface area contributed by atoms with Crippen molar-refractivity contribution in [1.29, 1.82) is 0 Å². The minimum absolute atomic E-state index is 0.524. The lowest BCUT2D eigenvalue weighted by atomic mass is 10.2. The van der Waals surface area contributed by atoms with E-state index in [1.54, 1.807) is 0 Å². The molecule has 3 aromatic rings. The third-order valence-electron chi connectivity index (χ3n) is 3.42. The largest absolute Gasteiger partial charge is 0.296 e. The fourth-order valence-corrected chi connectivity index (χ4v) is 3.36. The summed E-state index contributed by atoms with van der Waals surface area (Å²) in [6.07, 6.45) is 0.696. The lowest BCUT2D eigenvalue weighted by Gasteiger charge is -2.12. The summed E-state index contributed by atoms with van der Waals surface area (Å²) in [4.78, 5) is 4.68. The molecule has 108 valence electrons. The quantitative estimate of drug-likeness (QED) is 0.543. The molecule has 0 saturated carbocycles. The second-order valence-corrected chi connectivity index (χ2v) is 6.54. The fourth-order valence-electron chi connectivity index (χ4n) is 2.50. The average molecular weight is 384 g/mol. The minimum Gasteiger partial charge on any atom is -0.296 e. The van der Waals surface area contributed by atoms with Crippen molar-refractivity contribution in [3.63, 3.8) is 0 Å².